The van der Waals surface area contributed by atoms with E-state index in [4.69, 9.17) is 4.52 Å². The van der Waals surface area contributed by atoms with Crippen LogP contribution in [0.15, 0.2) is 34.9 Å². The largest absolute Gasteiger partial charge is 0.355 e. The van der Waals surface area contributed by atoms with Crippen LogP contribution in [0.5, 0.6) is 0 Å². The van der Waals surface area contributed by atoms with Gasteiger partial charge in [0.2, 0.25) is 0 Å². The molecule has 2 amide bonds. The Hall–Kier alpha value is -3.29. The Morgan fingerprint density at radius 1 is 1.29 bits per heavy atom. The summed E-state index contributed by atoms with van der Waals surface area (Å²) < 4.78 is 19.3. The van der Waals surface area contributed by atoms with Crippen LogP contribution in [0.2, 0.25) is 0 Å². The minimum Gasteiger partial charge on any atom is -0.355 e. The van der Waals surface area contributed by atoms with Crippen LogP contribution in [0.25, 0.3) is 11.1 Å². The van der Waals surface area contributed by atoms with E-state index in [0.717, 1.165) is 0 Å². The zero-order valence-electron chi connectivity index (χ0n) is 15.5. The number of aromatic nitrogens is 2. The van der Waals surface area contributed by atoms with Crippen LogP contribution in [0, 0.1) is 12.7 Å². The van der Waals surface area contributed by atoms with Crippen LogP contribution >= 0.6 is 0 Å². The minimum atomic E-state index is -0.538. The number of aryl methyl sites for hydroxylation is 1. The molecular weight excluding hydrogens is 363 g/mol. The second kappa shape index (κ2) is 7.03. The van der Waals surface area contributed by atoms with Crippen molar-refractivity contribution in [3.05, 3.63) is 58.7 Å². The van der Waals surface area contributed by atoms with E-state index in [1.807, 2.05) is 0 Å². The van der Waals surface area contributed by atoms with Crippen molar-refractivity contribution >= 4 is 22.9 Å². The van der Waals surface area contributed by atoms with Gasteiger partial charge in [-0.2, -0.15) is 0 Å². The van der Waals surface area contributed by atoms with Crippen molar-refractivity contribution in [1.82, 2.24) is 20.4 Å². The number of fused-ring (bicyclic) bond motifs is 1. The summed E-state index contributed by atoms with van der Waals surface area (Å²) in [6.07, 6.45) is 0.642. The summed E-state index contributed by atoms with van der Waals surface area (Å²) in [5.41, 5.74) is 2.05. The van der Waals surface area contributed by atoms with Crippen LogP contribution in [0.1, 0.15) is 44.4 Å². The maximum atomic E-state index is 14.0. The van der Waals surface area contributed by atoms with E-state index in [1.165, 1.54) is 12.1 Å². The summed E-state index contributed by atoms with van der Waals surface area (Å²) in [6.45, 7) is 2.62. The van der Waals surface area contributed by atoms with Gasteiger partial charge in [-0.15, -0.1) is 0 Å². The first-order valence-corrected chi connectivity index (χ1v) is 9.02. The Balaban J connectivity index is 1.66. The van der Waals surface area contributed by atoms with Crippen molar-refractivity contribution in [3.63, 3.8) is 0 Å². The molecule has 0 aliphatic carbocycles. The maximum absolute atomic E-state index is 14.0. The van der Waals surface area contributed by atoms with E-state index in [0.29, 0.717) is 47.6 Å². The van der Waals surface area contributed by atoms with Gasteiger partial charge in [-0.05, 0) is 31.5 Å². The molecule has 1 aliphatic rings. The first-order valence-electron chi connectivity index (χ1n) is 9.02. The fourth-order valence-corrected chi connectivity index (χ4v) is 3.66. The molecule has 0 saturated carbocycles. The number of nitrogens with one attached hydrogen (secondary N) is 1. The van der Waals surface area contributed by atoms with Crippen LogP contribution < -0.4 is 5.32 Å². The summed E-state index contributed by atoms with van der Waals surface area (Å²) in [7, 11) is 1.56. The fourth-order valence-electron chi connectivity index (χ4n) is 3.66. The van der Waals surface area contributed by atoms with Gasteiger partial charge in [0.25, 0.3) is 17.5 Å². The number of hydrogen-bond acceptors (Lipinski definition) is 5. The third kappa shape index (κ3) is 3.00. The van der Waals surface area contributed by atoms with Crippen LogP contribution in [-0.2, 0) is 0 Å². The molecule has 7 nitrogen and oxygen atoms in total. The summed E-state index contributed by atoms with van der Waals surface area (Å²) in [6, 6.07) is 7.63. The average molecular weight is 382 g/mol. The average Bonchev–Trinajstić information content (AvgIpc) is 3.33. The molecule has 144 valence electrons. The van der Waals surface area contributed by atoms with Gasteiger partial charge < -0.3 is 14.7 Å². The summed E-state index contributed by atoms with van der Waals surface area (Å²) in [5.74, 6) is -1.26. The molecule has 1 aliphatic heterocycles. The molecular formula is C20H19FN4O3. The molecule has 28 heavy (non-hydrogen) atoms. The molecule has 1 atom stereocenters. The molecule has 0 bridgehead atoms. The van der Waals surface area contributed by atoms with Crippen molar-refractivity contribution in [2.45, 2.75) is 19.3 Å². The normalized spacial score (nSPS) is 16.5. The molecule has 1 fully saturated rings. The number of likely N-dealkylation sites (tertiary alicyclic amines) is 1. The van der Waals surface area contributed by atoms with E-state index in [-0.39, 0.29) is 23.3 Å². The molecule has 3 aromatic rings. The molecule has 1 N–H and O–H groups in total. The summed E-state index contributed by atoms with van der Waals surface area (Å²) in [5, 5.41) is 7.34. The highest BCUT2D eigenvalue weighted by atomic mass is 19.1. The first-order chi connectivity index (χ1) is 13.5. The van der Waals surface area contributed by atoms with Crippen LogP contribution in [0.3, 0.4) is 0 Å². The number of benzene rings is 1. The maximum Gasteiger partial charge on any atom is 0.259 e. The monoisotopic (exact) mass is 382 g/mol. The standard InChI is InChI=1S/C20H19FN4O3/c1-11-9-14(18(26)22-2)16-17(24-28-19(16)23-11)12-7-8-25(10-12)20(27)13-5-3-4-6-15(13)21/h3-6,9,12H,7-8,10H2,1-2H3,(H,22,26). The van der Waals surface area contributed by atoms with E-state index >= 15 is 0 Å². The van der Waals surface area contributed by atoms with E-state index in [9.17, 15) is 14.0 Å². The van der Waals surface area contributed by atoms with Crippen molar-refractivity contribution < 1.29 is 18.5 Å². The van der Waals surface area contributed by atoms with E-state index < -0.39 is 5.82 Å². The van der Waals surface area contributed by atoms with Crippen LogP contribution in [0.4, 0.5) is 4.39 Å². The third-order valence-corrected chi connectivity index (χ3v) is 5.04. The number of amides is 2. The van der Waals surface area contributed by atoms with Crippen LogP contribution in [-0.4, -0.2) is 47.0 Å². The van der Waals surface area contributed by atoms with E-state index in [1.54, 1.807) is 37.1 Å². The van der Waals surface area contributed by atoms with Crippen molar-refractivity contribution in [2.75, 3.05) is 20.1 Å². The lowest BCUT2D eigenvalue weighted by Crippen LogP contribution is -2.29. The molecule has 1 saturated heterocycles. The molecule has 0 radical (unpaired) electrons. The number of hydrogen-bond donors (Lipinski definition) is 1. The van der Waals surface area contributed by atoms with Crippen molar-refractivity contribution in [2.24, 2.45) is 0 Å². The number of nitrogens with zero attached hydrogens (tertiary/aromatic N) is 3. The first kappa shape index (κ1) is 18.1. The highest BCUT2D eigenvalue weighted by Gasteiger charge is 2.33. The van der Waals surface area contributed by atoms with Gasteiger partial charge in [-0.1, -0.05) is 17.3 Å². The van der Waals surface area contributed by atoms with Crippen molar-refractivity contribution in [3.8, 4) is 0 Å². The SMILES string of the molecule is CNC(=O)c1cc(C)nc2onc(C3CCN(C(=O)c4ccccc4F)C3)c12. The number of rotatable bonds is 3. The highest BCUT2D eigenvalue weighted by Crippen LogP contribution is 2.34. The topological polar surface area (TPSA) is 88.3 Å². The molecule has 2 aromatic heterocycles. The Labute approximate surface area is 160 Å². The van der Waals surface area contributed by atoms with Gasteiger partial charge in [-0.25, -0.2) is 9.37 Å². The van der Waals surface area contributed by atoms with Gasteiger partial charge in [0, 0.05) is 31.7 Å². The molecule has 1 unspecified atom stereocenters. The fraction of sp³-hybridized carbons (Fsp3) is 0.300. The smallest absolute Gasteiger partial charge is 0.259 e. The zero-order valence-corrected chi connectivity index (χ0v) is 15.5. The number of pyridine rings is 1. The minimum absolute atomic E-state index is 0.0523. The molecule has 0 spiro atoms. The molecule has 8 heteroatoms. The number of carbonyl (C=O) groups is 2. The number of halogens is 1. The molecule has 3 heterocycles. The van der Waals surface area contributed by atoms with Gasteiger partial charge in [0.15, 0.2) is 0 Å². The lowest BCUT2D eigenvalue weighted by molar-refractivity contribution is 0.0785. The Morgan fingerprint density at radius 2 is 2.07 bits per heavy atom. The van der Waals surface area contributed by atoms with Gasteiger partial charge >= 0.3 is 0 Å². The lowest BCUT2D eigenvalue weighted by atomic mass is 9.99. The van der Waals surface area contributed by atoms with E-state index in [2.05, 4.69) is 15.5 Å². The van der Waals surface area contributed by atoms with Gasteiger partial charge in [-0.3, -0.25) is 9.59 Å². The second-order valence-corrected chi connectivity index (χ2v) is 6.85. The Kier molecular flexibility index (Phi) is 4.54. The lowest BCUT2D eigenvalue weighted by Gasteiger charge is -2.16. The summed E-state index contributed by atoms with van der Waals surface area (Å²) >= 11 is 0. The molecule has 1 aromatic carbocycles. The highest BCUT2D eigenvalue weighted by molar-refractivity contribution is 6.06. The Bertz CT molecular complexity index is 1080. The Morgan fingerprint density at radius 3 is 2.82 bits per heavy atom. The predicted molar refractivity (Wildman–Crippen MR) is 99.6 cm³/mol. The van der Waals surface area contributed by atoms with Gasteiger partial charge in [0.1, 0.15) is 5.82 Å². The summed E-state index contributed by atoms with van der Waals surface area (Å²) in [4.78, 5) is 30.9. The zero-order chi connectivity index (χ0) is 19.8. The van der Waals surface area contributed by atoms with Gasteiger partial charge in [0.05, 0.1) is 22.2 Å². The number of carbonyl (C=O) groups excluding carboxylic acids is 2. The quantitative estimate of drug-likeness (QED) is 0.752. The molecule has 4 rings (SSSR count). The third-order valence-electron chi connectivity index (χ3n) is 5.04. The predicted octanol–water partition coefficient (Wildman–Crippen LogP) is 2.66. The second-order valence-electron chi connectivity index (χ2n) is 6.85. The van der Waals surface area contributed by atoms with Crippen molar-refractivity contribution in [1.29, 1.82) is 0 Å².